The Bertz CT molecular complexity index is 720. The monoisotopic (exact) mass is 387 g/mol. The fourth-order valence-electron chi connectivity index (χ4n) is 2.01. The molecule has 0 bridgehead atoms. The van der Waals surface area contributed by atoms with E-state index in [0.717, 1.165) is 6.26 Å². The lowest BCUT2D eigenvalue weighted by Gasteiger charge is -2.21. The Hall–Kier alpha value is -2.29. The van der Waals surface area contributed by atoms with Crippen molar-refractivity contribution in [2.24, 2.45) is 0 Å². The Morgan fingerprint density at radius 3 is 2.19 bits per heavy atom. The predicted molar refractivity (Wildman–Crippen MR) is 95.5 cm³/mol. The first-order valence-electron chi connectivity index (χ1n) is 8.04. The third-order valence-electron chi connectivity index (χ3n) is 2.95. The zero-order valence-electron chi connectivity index (χ0n) is 15.6. The van der Waals surface area contributed by atoms with Crippen molar-refractivity contribution >= 4 is 22.2 Å². The molecule has 1 unspecified atom stereocenters. The van der Waals surface area contributed by atoms with Gasteiger partial charge in [0.1, 0.15) is 11.4 Å². The van der Waals surface area contributed by atoms with E-state index in [1.165, 1.54) is 12.1 Å². The normalized spacial score (nSPS) is 12.8. The molecule has 0 saturated carbocycles. The Labute approximate surface area is 153 Å². The van der Waals surface area contributed by atoms with Crippen LogP contribution in [0.15, 0.2) is 24.3 Å². The van der Waals surface area contributed by atoms with E-state index in [1.807, 2.05) is 0 Å². The average molecular weight is 387 g/mol. The Balaban J connectivity index is 2.89. The zero-order valence-corrected chi connectivity index (χ0v) is 16.4. The molecule has 0 spiro atoms. The van der Waals surface area contributed by atoms with Gasteiger partial charge >= 0.3 is 22.2 Å². The zero-order chi connectivity index (χ0) is 20.0. The quantitative estimate of drug-likeness (QED) is 0.564. The van der Waals surface area contributed by atoms with Crippen LogP contribution in [0.3, 0.4) is 0 Å². The molecule has 1 N–H and O–H groups in total. The van der Waals surface area contributed by atoms with Gasteiger partial charge in [-0.2, -0.15) is 8.42 Å². The summed E-state index contributed by atoms with van der Waals surface area (Å²) in [5.41, 5.74) is -0.117. The summed E-state index contributed by atoms with van der Waals surface area (Å²) in [4.78, 5) is 24.0. The van der Waals surface area contributed by atoms with E-state index in [9.17, 15) is 18.0 Å². The third-order valence-corrected chi connectivity index (χ3v) is 3.45. The summed E-state index contributed by atoms with van der Waals surface area (Å²) in [5, 5.41) is 2.54. The molecule has 1 aromatic rings. The fraction of sp³-hybridized carbons (Fsp3) is 0.529. The van der Waals surface area contributed by atoms with Crippen molar-refractivity contribution < 1.29 is 31.7 Å². The van der Waals surface area contributed by atoms with Gasteiger partial charge in [0.15, 0.2) is 0 Å². The lowest BCUT2D eigenvalue weighted by Crippen LogP contribution is -2.36. The van der Waals surface area contributed by atoms with Crippen molar-refractivity contribution in [2.45, 2.75) is 39.2 Å². The molecule has 0 heterocycles. The number of nitrogens with one attached hydrogen (secondary N) is 1. The summed E-state index contributed by atoms with van der Waals surface area (Å²) in [6.45, 7) is 7.04. The highest BCUT2D eigenvalue weighted by molar-refractivity contribution is 7.86. The summed E-state index contributed by atoms with van der Waals surface area (Å²) in [7, 11) is -3.64. The minimum absolute atomic E-state index is 0.0278. The molecule has 1 amide bonds. The summed E-state index contributed by atoms with van der Waals surface area (Å²) < 4.78 is 37.3. The summed E-state index contributed by atoms with van der Waals surface area (Å²) in [6.07, 6.45) is 0.288. The van der Waals surface area contributed by atoms with Crippen LogP contribution < -0.4 is 9.50 Å². The van der Waals surface area contributed by atoms with Gasteiger partial charge in [0, 0.05) is 6.54 Å². The summed E-state index contributed by atoms with van der Waals surface area (Å²) in [6, 6.07) is 5.93. The van der Waals surface area contributed by atoms with Gasteiger partial charge in [-0.1, -0.05) is 12.1 Å². The van der Waals surface area contributed by atoms with Gasteiger partial charge in [0.2, 0.25) is 0 Å². The van der Waals surface area contributed by atoms with Gasteiger partial charge in [-0.05, 0) is 45.4 Å². The molecule has 1 atom stereocenters. The van der Waals surface area contributed by atoms with Crippen LogP contribution >= 0.6 is 0 Å². The highest BCUT2D eigenvalue weighted by Crippen LogP contribution is 2.21. The van der Waals surface area contributed by atoms with Gasteiger partial charge in [0.25, 0.3) is 0 Å². The number of hydrogen-bond donors (Lipinski definition) is 1. The van der Waals surface area contributed by atoms with E-state index in [1.54, 1.807) is 39.8 Å². The van der Waals surface area contributed by atoms with Gasteiger partial charge in [-0.25, -0.2) is 4.79 Å². The maximum absolute atomic E-state index is 12.2. The second-order valence-corrected chi connectivity index (χ2v) is 8.12. The lowest BCUT2D eigenvalue weighted by molar-refractivity contribution is -0.144. The maximum atomic E-state index is 12.2. The molecule has 0 fully saturated rings. The summed E-state index contributed by atoms with van der Waals surface area (Å²) >= 11 is 0. The van der Waals surface area contributed by atoms with E-state index in [-0.39, 0.29) is 18.9 Å². The van der Waals surface area contributed by atoms with Crippen molar-refractivity contribution in [3.8, 4) is 5.75 Å². The number of alkyl carbamates (subject to hydrolysis) is 1. The highest BCUT2D eigenvalue weighted by Gasteiger charge is 2.24. The van der Waals surface area contributed by atoms with Crippen molar-refractivity contribution in [3.63, 3.8) is 0 Å². The van der Waals surface area contributed by atoms with Gasteiger partial charge in [0.05, 0.1) is 18.8 Å². The van der Waals surface area contributed by atoms with Crippen LogP contribution in [0.5, 0.6) is 5.75 Å². The van der Waals surface area contributed by atoms with Crippen molar-refractivity contribution in [3.05, 3.63) is 29.8 Å². The molecule has 0 aromatic heterocycles. The second-order valence-electron chi connectivity index (χ2n) is 6.54. The minimum Gasteiger partial charge on any atom is -0.465 e. The number of ether oxygens (including phenoxy) is 2. The first kappa shape index (κ1) is 21.8. The molecule has 1 aromatic carbocycles. The van der Waals surface area contributed by atoms with Crippen molar-refractivity contribution in [1.29, 1.82) is 0 Å². The second kappa shape index (κ2) is 8.88. The third kappa shape index (κ3) is 8.19. The smallest absolute Gasteiger partial charge is 0.407 e. The van der Waals surface area contributed by atoms with Crippen LogP contribution in [-0.4, -0.2) is 45.5 Å². The number of esters is 1. The molecular formula is C17H25NO7S. The van der Waals surface area contributed by atoms with Gasteiger partial charge in [-0.3, -0.25) is 4.79 Å². The van der Waals surface area contributed by atoms with Crippen LogP contribution in [0.2, 0.25) is 0 Å². The number of benzene rings is 1. The Morgan fingerprint density at radius 1 is 1.15 bits per heavy atom. The van der Waals surface area contributed by atoms with E-state index in [4.69, 9.17) is 13.7 Å². The van der Waals surface area contributed by atoms with Crippen LogP contribution in [0.1, 0.15) is 39.2 Å². The molecule has 0 aliphatic heterocycles. The molecule has 8 nitrogen and oxygen atoms in total. The Morgan fingerprint density at radius 2 is 1.73 bits per heavy atom. The number of hydrogen-bond acceptors (Lipinski definition) is 7. The first-order valence-corrected chi connectivity index (χ1v) is 9.86. The molecule has 0 saturated heterocycles. The molecular weight excluding hydrogens is 362 g/mol. The Kier molecular flexibility index (Phi) is 7.43. The van der Waals surface area contributed by atoms with Crippen LogP contribution in [0.25, 0.3) is 0 Å². The van der Waals surface area contributed by atoms with E-state index < -0.39 is 33.7 Å². The van der Waals surface area contributed by atoms with Crippen molar-refractivity contribution in [1.82, 2.24) is 5.32 Å². The highest BCUT2D eigenvalue weighted by atomic mass is 32.2. The van der Waals surface area contributed by atoms with Crippen LogP contribution in [0.4, 0.5) is 4.79 Å². The SMILES string of the molecule is CCOC(=O)C(CNC(=O)OC(C)(C)C)c1ccc(OS(C)(=O)=O)cc1. The number of carbonyl (C=O) groups is 2. The van der Waals surface area contributed by atoms with E-state index in [2.05, 4.69) is 5.32 Å². The minimum atomic E-state index is -3.64. The predicted octanol–water partition coefficient (Wildman–Crippen LogP) is 2.20. The van der Waals surface area contributed by atoms with Crippen LogP contribution in [-0.2, 0) is 24.4 Å². The molecule has 0 aliphatic carbocycles. The lowest BCUT2D eigenvalue weighted by atomic mass is 9.99. The standard InChI is InChI=1S/C17H25NO7S/c1-6-23-15(19)14(11-18-16(20)24-17(2,3)4)12-7-9-13(10-8-12)25-26(5,21)22/h7-10,14H,6,11H2,1-5H3,(H,18,20). The topological polar surface area (TPSA) is 108 Å². The largest absolute Gasteiger partial charge is 0.465 e. The van der Waals surface area contributed by atoms with E-state index >= 15 is 0 Å². The first-order chi connectivity index (χ1) is 11.9. The number of rotatable bonds is 7. The molecule has 0 radical (unpaired) electrons. The van der Waals surface area contributed by atoms with Gasteiger partial charge in [-0.15, -0.1) is 0 Å². The molecule has 9 heteroatoms. The average Bonchev–Trinajstić information content (AvgIpc) is 2.46. The van der Waals surface area contributed by atoms with E-state index in [0.29, 0.717) is 5.56 Å². The van der Waals surface area contributed by atoms with Crippen LogP contribution in [0, 0.1) is 0 Å². The van der Waals surface area contributed by atoms with Gasteiger partial charge < -0.3 is 19.0 Å². The van der Waals surface area contributed by atoms with Crippen molar-refractivity contribution in [2.75, 3.05) is 19.4 Å². The fourth-order valence-corrected chi connectivity index (χ4v) is 2.47. The molecule has 0 aliphatic rings. The summed E-state index contributed by atoms with van der Waals surface area (Å²) in [5.74, 6) is -1.16. The number of amides is 1. The number of carbonyl (C=O) groups excluding carboxylic acids is 2. The molecule has 146 valence electrons. The molecule has 1 rings (SSSR count). The molecule has 26 heavy (non-hydrogen) atoms. The maximum Gasteiger partial charge on any atom is 0.407 e.